The largest absolute Gasteiger partial charge is 0.439 e. The molecule has 2 rings (SSSR count). The SMILES string of the molecule is CC(C)CNCc1cc(Br)cnc1Oc1cccc(Cl)c1. The molecule has 0 aliphatic heterocycles. The van der Waals surface area contributed by atoms with Crippen LogP contribution >= 0.6 is 27.5 Å². The van der Waals surface area contributed by atoms with Crippen LogP contribution < -0.4 is 10.1 Å². The van der Waals surface area contributed by atoms with Crippen LogP contribution in [0.15, 0.2) is 41.0 Å². The molecule has 0 spiro atoms. The second-order valence-corrected chi connectivity index (χ2v) is 6.55. The minimum Gasteiger partial charge on any atom is -0.439 e. The lowest BCUT2D eigenvalue weighted by Crippen LogP contribution is -2.19. The summed E-state index contributed by atoms with van der Waals surface area (Å²) in [4.78, 5) is 4.35. The summed E-state index contributed by atoms with van der Waals surface area (Å²) in [6.07, 6.45) is 1.73. The van der Waals surface area contributed by atoms with Crippen molar-refractivity contribution >= 4 is 27.5 Å². The molecule has 0 unspecified atom stereocenters. The van der Waals surface area contributed by atoms with Gasteiger partial charge in [0.05, 0.1) is 0 Å². The van der Waals surface area contributed by atoms with Crippen molar-refractivity contribution in [2.24, 2.45) is 5.92 Å². The molecule has 0 bridgehead atoms. The van der Waals surface area contributed by atoms with Crippen LogP contribution in [0.4, 0.5) is 0 Å². The molecule has 2 aromatic rings. The highest BCUT2D eigenvalue weighted by Crippen LogP contribution is 2.27. The Hall–Kier alpha value is -1.10. The molecule has 21 heavy (non-hydrogen) atoms. The van der Waals surface area contributed by atoms with Gasteiger partial charge in [-0.15, -0.1) is 0 Å². The van der Waals surface area contributed by atoms with Crippen LogP contribution in [0.1, 0.15) is 19.4 Å². The molecule has 0 amide bonds. The molecular weight excluding hydrogens is 352 g/mol. The van der Waals surface area contributed by atoms with Crippen molar-refractivity contribution in [2.75, 3.05) is 6.54 Å². The van der Waals surface area contributed by atoms with E-state index < -0.39 is 0 Å². The van der Waals surface area contributed by atoms with E-state index in [1.807, 2.05) is 24.3 Å². The Kier molecular flexibility index (Phi) is 6.03. The zero-order valence-corrected chi connectivity index (χ0v) is 14.4. The number of pyridine rings is 1. The van der Waals surface area contributed by atoms with Gasteiger partial charge in [0.1, 0.15) is 5.75 Å². The zero-order valence-electron chi connectivity index (χ0n) is 12.1. The fourth-order valence-electron chi connectivity index (χ4n) is 1.82. The van der Waals surface area contributed by atoms with E-state index >= 15 is 0 Å². The molecule has 1 aromatic heterocycles. The van der Waals surface area contributed by atoms with E-state index in [1.54, 1.807) is 12.3 Å². The van der Waals surface area contributed by atoms with E-state index in [0.29, 0.717) is 29.1 Å². The number of hydrogen-bond acceptors (Lipinski definition) is 3. The summed E-state index contributed by atoms with van der Waals surface area (Å²) < 4.78 is 6.78. The lowest BCUT2D eigenvalue weighted by Gasteiger charge is -2.12. The topological polar surface area (TPSA) is 34.2 Å². The maximum absolute atomic E-state index is 5.97. The molecule has 0 aliphatic carbocycles. The van der Waals surface area contributed by atoms with Crippen LogP contribution in [-0.2, 0) is 6.54 Å². The third kappa shape index (κ3) is 5.30. The van der Waals surface area contributed by atoms with Crippen molar-refractivity contribution in [3.8, 4) is 11.6 Å². The highest BCUT2D eigenvalue weighted by atomic mass is 79.9. The third-order valence-electron chi connectivity index (χ3n) is 2.77. The van der Waals surface area contributed by atoms with Gasteiger partial charge in [0, 0.05) is 27.8 Å². The van der Waals surface area contributed by atoms with Crippen molar-refractivity contribution in [1.29, 1.82) is 0 Å². The Morgan fingerprint density at radius 3 is 2.86 bits per heavy atom. The van der Waals surface area contributed by atoms with Gasteiger partial charge in [-0.05, 0) is 52.7 Å². The monoisotopic (exact) mass is 368 g/mol. The Morgan fingerprint density at radius 1 is 1.33 bits per heavy atom. The van der Waals surface area contributed by atoms with E-state index in [2.05, 4.69) is 40.1 Å². The first-order valence-corrected chi connectivity index (χ1v) is 8.00. The fourth-order valence-corrected chi connectivity index (χ4v) is 2.38. The Labute approximate surface area is 138 Å². The molecule has 1 N–H and O–H groups in total. The molecule has 0 saturated heterocycles. The predicted molar refractivity (Wildman–Crippen MR) is 90.0 cm³/mol. The van der Waals surface area contributed by atoms with E-state index in [1.165, 1.54) is 0 Å². The van der Waals surface area contributed by atoms with E-state index in [9.17, 15) is 0 Å². The summed E-state index contributed by atoms with van der Waals surface area (Å²) >= 11 is 9.42. The molecule has 3 nitrogen and oxygen atoms in total. The van der Waals surface area contributed by atoms with Crippen molar-refractivity contribution in [3.05, 3.63) is 51.6 Å². The molecule has 1 heterocycles. The number of nitrogens with zero attached hydrogens (tertiary/aromatic N) is 1. The Bertz CT molecular complexity index is 605. The summed E-state index contributed by atoms with van der Waals surface area (Å²) in [6, 6.07) is 9.32. The standard InChI is InChI=1S/C16H18BrClN2O/c1-11(2)8-19-9-12-6-13(17)10-20-16(12)21-15-5-3-4-14(18)7-15/h3-7,10-11,19H,8-9H2,1-2H3. The van der Waals surface area contributed by atoms with Gasteiger partial charge in [-0.3, -0.25) is 0 Å². The van der Waals surface area contributed by atoms with E-state index in [4.69, 9.17) is 16.3 Å². The zero-order chi connectivity index (χ0) is 15.2. The highest BCUT2D eigenvalue weighted by molar-refractivity contribution is 9.10. The molecular formula is C16H18BrClN2O. The first-order valence-electron chi connectivity index (χ1n) is 6.83. The molecule has 0 aliphatic rings. The Morgan fingerprint density at radius 2 is 2.14 bits per heavy atom. The number of benzene rings is 1. The van der Waals surface area contributed by atoms with Crippen molar-refractivity contribution in [2.45, 2.75) is 20.4 Å². The summed E-state index contributed by atoms with van der Waals surface area (Å²) in [7, 11) is 0. The quantitative estimate of drug-likeness (QED) is 0.775. The molecule has 0 radical (unpaired) electrons. The van der Waals surface area contributed by atoms with Gasteiger partial charge in [0.2, 0.25) is 5.88 Å². The number of aromatic nitrogens is 1. The summed E-state index contributed by atoms with van der Waals surface area (Å²) in [5, 5.41) is 4.04. The smallest absolute Gasteiger partial charge is 0.223 e. The second kappa shape index (κ2) is 7.78. The first-order chi connectivity index (χ1) is 10.0. The lowest BCUT2D eigenvalue weighted by atomic mass is 10.2. The highest BCUT2D eigenvalue weighted by Gasteiger charge is 2.08. The van der Waals surface area contributed by atoms with Crippen LogP contribution in [0.2, 0.25) is 5.02 Å². The van der Waals surface area contributed by atoms with Crippen LogP contribution in [0, 0.1) is 5.92 Å². The van der Waals surface area contributed by atoms with Crippen molar-refractivity contribution < 1.29 is 4.74 Å². The van der Waals surface area contributed by atoms with Crippen molar-refractivity contribution in [3.63, 3.8) is 0 Å². The van der Waals surface area contributed by atoms with Gasteiger partial charge in [-0.2, -0.15) is 0 Å². The van der Waals surface area contributed by atoms with Gasteiger partial charge >= 0.3 is 0 Å². The molecule has 0 saturated carbocycles. The van der Waals surface area contributed by atoms with Crippen LogP contribution in [0.25, 0.3) is 0 Å². The van der Waals surface area contributed by atoms with Gasteiger partial charge in [0.25, 0.3) is 0 Å². The second-order valence-electron chi connectivity index (χ2n) is 5.20. The minimum atomic E-state index is 0.594. The van der Waals surface area contributed by atoms with Gasteiger partial charge in [-0.25, -0.2) is 4.98 Å². The molecule has 112 valence electrons. The summed E-state index contributed by atoms with van der Waals surface area (Å²) in [5.74, 6) is 1.88. The number of hydrogen-bond donors (Lipinski definition) is 1. The van der Waals surface area contributed by atoms with Crippen LogP contribution in [-0.4, -0.2) is 11.5 Å². The maximum atomic E-state index is 5.97. The lowest BCUT2D eigenvalue weighted by molar-refractivity contribution is 0.450. The Balaban J connectivity index is 2.14. The third-order valence-corrected chi connectivity index (χ3v) is 3.44. The van der Waals surface area contributed by atoms with Crippen LogP contribution in [0.5, 0.6) is 11.6 Å². The number of halogens is 2. The van der Waals surface area contributed by atoms with E-state index in [0.717, 1.165) is 16.6 Å². The molecule has 1 aromatic carbocycles. The summed E-state index contributed by atoms with van der Waals surface area (Å²) in [5.41, 5.74) is 1.00. The van der Waals surface area contributed by atoms with Gasteiger partial charge in [0.15, 0.2) is 0 Å². The minimum absolute atomic E-state index is 0.594. The number of nitrogens with one attached hydrogen (secondary N) is 1. The maximum Gasteiger partial charge on any atom is 0.223 e. The number of rotatable bonds is 6. The molecule has 0 fully saturated rings. The molecule has 5 heteroatoms. The average molecular weight is 370 g/mol. The predicted octanol–water partition coefficient (Wildman–Crippen LogP) is 5.04. The normalized spacial score (nSPS) is 10.9. The van der Waals surface area contributed by atoms with E-state index in [-0.39, 0.29) is 0 Å². The fraction of sp³-hybridized carbons (Fsp3) is 0.312. The van der Waals surface area contributed by atoms with Crippen LogP contribution in [0.3, 0.4) is 0 Å². The first kappa shape index (κ1) is 16.3. The van der Waals surface area contributed by atoms with Crippen molar-refractivity contribution in [1.82, 2.24) is 10.3 Å². The average Bonchev–Trinajstić information content (AvgIpc) is 2.41. The molecule has 0 atom stereocenters. The van der Waals surface area contributed by atoms with Gasteiger partial charge in [-0.1, -0.05) is 31.5 Å². The summed E-state index contributed by atoms with van der Waals surface area (Å²) in [6.45, 7) is 6.01. The van der Waals surface area contributed by atoms with Gasteiger partial charge < -0.3 is 10.1 Å². The number of ether oxygens (including phenoxy) is 1.